The molecular formula is C21H22N4O2. The third kappa shape index (κ3) is 4.41. The molecule has 1 aromatic carbocycles. The summed E-state index contributed by atoms with van der Waals surface area (Å²) in [7, 11) is 0. The number of carbonyl (C=O) groups is 1. The van der Waals surface area contributed by atoms with E-state index in [1.54, 1.807) is 24.7 Å². The minimum Gasteiger partial charge on any atom is -0.468 e. The number of likely N-dealkylation sites (tertiary alicyclic amines) is 1. The van der Waals surface area contributed by atoms with E-state index in [1.165, 1.54) is 0 Å². The molecule has 4 rings (SSSR count). The lowest BCUT2D eigenvalue weighted by Crippen LogP contribution is -2.44. The summed E-state index contributed by atoms with van der Waals surface area (Å²) in [4.78, 5) is 23.5. The first-order chi connectivity index (χ1) is 13.3. The number of hydrogen-bond acceptors (Lipinski definition) is 5. The van der Waals surface area contributed by atoms with Crippen molar-refractivity contribution < 1.29 is 9.21 Å². The minimum atomic E-state index is -0.0442. The maximum absolute atomic E-state index is 12.7. The molecule has 0 saturated carbocycles. The van der Waals surface area contributed by atoms with Gasteiger partial charge >= 0.3 is 0 Å². The molecule has 0 atom stereocenters. The molecule has 138 valence electrons. The zero-order valence-electron chi connectivity index (χ0n) is 15.0. The summed E-state index contributed by atoms with van der Waals surface area (Å²) in [6, 6.07) is 13.3. The summed E-state index contributed by atoms with van der Waals surface area (Å²) in [6.07, 6.45) is 6.98. The molecule has 0 unspecified atom stereocenters. The molecule has 3 heterocycles. The highest BCUT2D eigenvalue weighted by molar-refractivity contribution is 5.95. The van der Waals surface area contributed by atoms with Gasteiger partial charge in [-0.1, -0.05) is 12.1 Å². The highest BCUT2D eigenvalue weighted by Gasteiger charge is 2.22. The Morgan fingerprint density at radius 1 is 1.11 bits per heavy atom. The fraction of sp³-hybridized carbons (Fsp3) is 0.286. The monoisotopic (exact) mass is 362 g/mol. The fourth-order valence-corrected chi connectivity index (χ4v) is 3.37. The Bertz CT molecular complexity index is 872. The van der Waals surface area contributed by atoms with Gasteiger partial charge in [0.15, 0.2) is 5.82 Å². The zero-order valence-corrected chi connectivity index (χ0v) is 15.0. The third-order valence-electron chi connectivity index (χ3n) is 4.83. The van der Waals surface area contributed by atoms with Gasteiger partial charge in [-0.25, -0.2) is 9.97 Å². The van der Waals surface area contributed by atoms with E-state index in [-0.39, 0.29) is 11.9 Å². The number of carbonyl (C=O) groups excluding carboxylic acids is 1. The third-order valence-corrected chi connectivity index (χ3v) is 4.83. The van der Waals surface area contributed by atoms with Crippen LogP contribution in [0.15, 0.2) is 65.5 Å². The Labute approximate surface area is 158 Å². The second kappa shape index (κ2) is 8.14. The minimum absolute atomic E-state index is 0.0442. The number of hydrogen-bond donors (Lipinski definition) is 1. The van der Waals surface area contributed by atoms with Crippen LogP contribution in [0, 0.1) is 0 Å². The molecule has 0 spiro atoms. The number of amides is 1. The van der Waals surface area contributed by atoms with Crippen LogP contribution in [0.25, 0.3) is 11.4 Å². The average molecular weight is 362 g/mol. The van der Waals surface area contributed by atoms with Crippen molar-refractivity contribution in [3.8, 4) is 11.4 Å². The van der Waals surface area contributed by atoms with Crippen molar-refractivity contribution in [2.45, 2.75) is 25.4 Å². The lowest BCUT2D eigenvalue weighted by molar-refractivity contribution is 0.0906. The van der Waals surface area contributed by atoms with Crippen LogP contribution in [0.2, 0.25) is 0 Å². The molecule has 1 amide bonds. The van der Waals surface area contributed by atoms with Gasteiger partial charge in [0.2, 0.25) is 0 Å². The van der Waals surface area contributed by atoms with Crippen LogP contribution in [0.4, 0.5) is 0 Å². The predicted molar refractivity (Wildman–Crippen MR) is 102 cm³/mol. The van der Waals surface area contributed by atoms with E-state index in [2.05, 4.69) is 20.2 Å². The van der Waals surface area contributed by atoms with E-state index in [0.717, 1.165) is 43.8 Å². The van der Waals surface area contributed by atoms with Crippen LogP contribution >= 0.6 is 0 Å². The fourth-order valence-electron chi connectivity index (χ4n) is 3.37. The Morgan fingerprint density at radius 3 is 2.67 bits per heavy atom. The zero-order chi connectivity index (χ0) is 18.5. The molecule has 0 bridgehead atoms. The summed E-state index contributed by atoms with van der Waals surface area (Å²) < 4.78 is 5.41. The van der Waals surface area contributed by atoms with Crippen LogP contribution < -0.4 is 5.32 Å². The second-order valence-electron chi connectivity index (χ2n) is 6.76. The molecule has 3 aromatic rings. The van der Waals surface area contributed by atoms with Crippen molar-refractivity contribution in [2.75, 3.05) is 13.1 Å². The maximum atomic E-state index is 12.7. The van der Waals surface area contributed by atoms with Crippen molar-refractivity contribution in [2.24, 2.45) is 0 Å². The molecule has 1 aliphatic heterocycles. The average Bonchev–Trinajstić information content (AvgIpc) is 3.23. The van der Waals surface area contributed by atoms with Gasteiger partial charge in [-0.2, -0.15) is 0 Å². The molecule has 1 N–H and O–H groups in total. The lowest BCUT2D eigenvalue weighted by atomic mass is 10.0. The quantitative estimate of drug-likeness (QED) is 0.755. The molecule has 1 saturated heterocycles. The highest BCUT2D eigenvalue weighted by Crippen LogP contribution is 2.17. The van der Waals surface area contributed by atoms with Gasteiger partial charge in [-0.05, 0) is 43.2 Å². The smallest absolute Gasteiger partial charge is 0.251 e. The van der Waals surface area contributed by atoms with Crippen molar-refractivity contribution in [3.05, 3.63) is 72.4 Å². The first kappa shape index (κ1) is 17.4. The molecule has 2 aromatic heterocycles. The van der Waals surface area contributed by atoms with Gasteiger partial charge in [-0.15, -0.1) is 0 Å². The Hall–Kier alpha value is -2.99. The number of piperidine rings is 1. The number of rotatable bonds is 5. The summed E-state index contributed by atoms with van der Waals surface area (Å²) in [5, 5.41) is 3.16. The van der Waals surface area contributed by atoms with E-state index >= 15 is 0 Å². The number of aromatic nitrogens is 2. The van der Waals surface area contributed by atoms with Gasteiger partial charge in [0.25, 0.3) is 5.91 Å². The molecule has 1 fully saturated rings. The molecule has 0 aliphatic carbocycles. The van der Waals surface area contributed by atoms with Crippen molar-refractivity contribution in [1.29, 1.82) is 0 Å². The lowest BCUT2D eigenvalue weighted by Gasteiger charge is -2.31. The SMILES string of the molecule is O=C(NC1CCN(Cc2ccco2)CC1)c1cccc(-c2ncccn2)c1. The number of benzene rings is 1. The van der Waals surface area contributed by atoms with Crippen LogP contribution in [0.3, 0.4) is 0 Å². The van der Waals surface area contributed by atoms with Crippen molar-refractivity contribution in [1.82, 2.24) is 20.2 Å². The Balaban J connectivity index is 1.33. The topological polar surface area (TPSA) is 71.3 Å². The first-order valence-corrected chi connectivity index (χ1v) is 9.21. The van der Waals surface area contributed by atoms with Crippen molar-refractivity contribution >= 4 is 5.91 Å². The van der Waals surface area contributed by atoms with E-state index < -0.39 is 0 Å². The predicted octanol–water partition coefficient (Wildman–Crippen LogP) is 3.13. The molecule has 6 nitrogen and oxygen atoms in total. The van der Waals surface area contributed by atoms with Gasteiger partial charge < -0.3 is 9.73 Å². The standard InChI is InChI=1S/C21H22N4O2/c26-21(17-5-1-4-16(14-17)20-22-9-3-10-23-20)24-18-7-11-25(12-8-18)15-19-6-2-13-27-19/h1-6,9-10,13-14,18H,7-8,11-12,15H2,(H,24,26). The molecular weight excluding hydrogens is 340 g/mol. The maximum Gasteiger partial charge on any atom is 0.251 e. The number of nitrogens with zero attached hydrogens (tertiary/aromatic N) is 3. The summed E-state index contributed by atoms with van der Waals surface area (Å²) >= 11 is 0. The Kier molecular flexibility index (Phi) is 5.25. The van der Waals surface area contributed by atoms with E-state index in [1.807, 2.05) is 36.4 Å². The van der Waals surface area contributed by atoms with E-state index in [9.17, 15) is 4.79 Å². The van der Waals surface area contributed by atoms with Crippen LogP contribution in [0.1, 0.15) is 29.0 Å². The normalized spacial score (nSPS) is 15.6. The number of furan rings is 1. The van der Waals surface area contributed by atoms with Crippen molar-refractivity contribution in [3.63, 3.8) is 0 Å². The van der Waals surface area contributed by atoms with Gasteiger partial charge in [0.05, 0.1) is 12.8 Å². The van der Waals surface area contributed by atoms with E-state index in [0.29, 0.717) is 11.4 Å². The summed E-state index contributed by atoms with van der Waals surface area (Å²) in [5.41, 5.74) is 1.48. The van der Waals surface area contributed by atoms with Gasteiger partial charge in [0, 0.05) is 42.7 Å². The van der Waals surface area contributed by atoms with Gasteiger partial charge in [0.1, 0.15) is 5.76 Å². The van der Waals surface area contributed by atoms with Crippen LogP contribution in [0.5, 0.6) is 0 Å². The van der Waals surface area contributed by atoms with Crippen LogP contribution in [-0.4, -0.2) is 39.9 Å². The Morgan fingerprint density at radius 2 is 1.93 bits per heavy atom. The molecule has 1 aliphatic rings. The largest absolute Gasteiger partial charge is 0.468 e. The highest BCUT2D eigenvalue weighted by atomic mass is 16.3. The summed E-state index contributed by atoms with van der Waals surface area (Å²) in [6.45, 7) is 2.72. The van der Waals surface area contributed by atoms with Gasteiger partial charge in [-0.3, -0.25) is 9.69 Å². The number of nitrogens with one attached hydrogen (secondary N) is 1. The van der Waals surface area contributed by atoms with E-state index in [4.69, 9.17) is 4.42 Å². The summed E-state index contributed by atoms with van der Waals surface area (Å²) in [5.74, 6) is 1.56. The molecule has 27 heavy (non-hydrogen) atoms. The first-order valence-electron chi connectivity index (χ1n) is 9.21. The van der Waals surface area contributed by atoms with Crippen LogP contribution in [-0.2, 0) is 6.54 Å². The molecule has 0 radical (unpaired) electrons. The molecule has 6 heteroatoms. The second-order valence-corrected chi connectivity index (χ2v) is 6.76.